The third kappa shape index (κ3) is 4.95. The third-order valence-corrected chi connectivity index (χ3v) is 10.1. The van der Waals surface area contributed by atoms with Crippen molar-refractivity contribution in [3.8, 4) is 43.4 Å². The lowest BCUT2D eigenvalue weighted by molar-refractivity contribution is 0.748. The summed E-state index contributed by atoms with van der Waals surface area (Å²) in [5.74, 6) is 1.04. The first-order valence-corrected chi connectivity index (χ1v) is 15.3. The number of hydrogen-bond acceptors (Lipinski definition) is 4. The van der Waals surface area contributed by atoms with Crippen LogP contribution in [0.15, 0.2) is 97.1 Å². The van der Waals surface area contributed by atoms with Crippen LogP contribution in [-0.2, 0) is 0 Å². The van der Waals surface area contributed by atoms with Gasteiger partial charge in [-0.05, 0) is 42.5 Å². The highest BCUT2D eigenvalue weighted by Gasteiger charge is 2.20. The Kier molecular flexibility index (Phi) is 7.16. The average Bonchev–Trinajstić information content (AvgIpc) is 3.67. The molecule has 0 amide bonds. The number of thiophene rings is 2. The molecule has 0 bridgehead atoms. The van der Waals surface area contributed by atoms with E-state index in [9.17, 15) is 0 Å². The quantitative estimate of drug-likeness (QED) is 0.200. The summed E-state index contributed by atoms with van der Waals surface area (Å²) in [7, 11) is 0. The van der Waals surface area contributed by atoms with Gasteiger partial charge in [-0.25, -0.2) is 9.97 Å². The molecule has 0 saturated carbocycles. The lowest BCUT2D eigenvalue weighted by atomic mass is 10.0. The molecular formula is C35H32N2S2. The number of aromatic nitrogens is 2. The van der Waals surface area contributed by atoms with E-state index < -0.39 is 0 Å². The van der Waals surface area contributed by atoms with Crippen LogP contribution < -0.4 is 0 Å². The monoisotopic (exact) mass is 544 g/mol. The first kappa shape index (κ1) is 25.7. The summed E-state index contributed by atoms with van der Waals surface area (Å²) in [6.07, 6.45) is 1.13. The molecule has 0 aliphatic carbocycles. The Hall–Kier alpha value is -3.60. The van der Waals surface area contributed by atoms with Gasteiger partial charge >= 0.3 is 0 Å². The maximum absolute atomic E-state index is 5.45. The minimum atomic E-state index is 0.495. The van der Waals surface area contributed by atoms with Crippen molar-refractivity contribution in [1.29, 1.82) is 0 Å². The summed E-state index contributed by atoms with van der Waals surface area (Å²) in [4.78, 5) is 16.2. The fourth-order valence-corrected chi connectivity index (χ4v) is 7.10. The van der Waals surface area contributed by atoms with Crippen LogP contribution in [0.25, 0.3) is 54.4 Å². The Labute approximate surface area is 239 Å². The zero-order chi connectivity index (χ0) is 26.9. The molecule has 1 atom stereocenters. The fraction of sp³-hybridized carbons (Fsp3) is 0.200. The van der Waals surface area contributed by atoms with Gasteiger partial charge in [-0.15, -0.1) is 22.7 Å². The molecule has 0 fully saturated rings. The van der Waals surface area contributed by atoms with E-state index in [2.05, 4.69) is 125 Å². The molecule has 0 saturated heterocycles. The van der Waals surface area contributed by atoms with E-state index in [-0.39, 0.29) is 0 Å². The maximum atomic E-state index is 5.45. The number of nitrogens with zero attached hydrogens (tertiary/aromatic N) is 2. The molecule has 0 N–H and O–H groups in total. The van der Waals surface area contributed by atoms with Crippen molar-refractivity contribution in [3.05, 3.63) is 107 Å². The minimum Gasteiger partial charge on any atom is -0.243 e. The van der Waals surface area contributed by atoms with Gasteiger partial charge in [0.1, 0.15) is 0 Å². The molecule has 6 aromatic rings. The number of benzene rings is 3. The van der Waals surface area contributed by atoms with E-state index in [1.807, 2.05) is 22.7 Å². The van der Waals surface area contributed by atoms with Crippen LogP contribution in [0.3, 0.4) is 0 Å². The van der Waals surface area contributed by atoms with Crippen molar-refractivity contribution in [2.24, 2.45) is 0 Å². The van der Waals surface area contributed by atoms with Gasteiger partial charge in [-0.1, -0.05) is 100 Å². The summed E-state index contributed by atoms with van der Waals surface area (Å²) in [5.41, 5.74) is 8.20. The van der Waals surface area contributed by atoms with E-state index in [0.717, 1.165) is 51.1 Å². The smallest absolute Gasteiger partial charge is 0.0988 e. The summed E-state index contributed by atoms with van der Waals surface area (Å²) in [6, 6.07) is 34.5. The zero-order valence-electron chi connectivity index (χ0n) is 22.8. The molecule has 0 spiro atoms. The second kappa shape index (κ2) is 10.9. The Morgan fingerprint density at radius 1 is 0.564 bits per heavy atom. The Bertz CT molecular complexity index is 1730. The molecule has 0 radical (unpaired) electrons. The summed E-state index contributed by atoms with van der Waals surface area (Å²) in [6.45, 7) is 9.06. The summed E-state index contributed by atoms with van der Waals surface area (Å²) in [5, 5.41) is 0. The largest absolute Gasteiger partial charge is 0.243 e. The summed E-state index contributed by atoms with van der Waals surface area (Å²) >= 11 is 3.74. The fourth-order valence-electron chi connectivity index (χ4n) is 4.90. The molecule has 3 heterocycles. The molecule has 3 aromatic heterocycles. The second-order valence-corrected chi connectivity index (χ2v) is 12.6. The van der Waals surface area contributed by atoms with Crippen molar-refractivity contribution in [2.45, 2.75) is 46.0 Å². The van der Waals surface area contributed by atoms with Gasteiger partial charge in [0.25, 0.3) is 0 Å². The zero-order valence-corrected chi connectivity index (χ0v) is 24.4. The standard InChI is InChI=1S/C35H32N2S2/c1-5-23(4)29-19-21-31(39-29)27-17-16-26(30-20-18-28(38-30)22(2)3)34-35(27)37-33(25-14-10-7-11-15-25)32(36-34)24-12-8-6-9-13-24/h6-23H,5H2,1-4H3. The molecule has 0 aliphatic heterocycles. The SMILES string of the molecule is CCC(C)c1ccc(-c2ccc(-c3ccc(C(C)C)s3)c3nc(-c4ccccc4)c(-c4ccccc4)nc23)s1. The van der Waals surface area contributed by atoms with E-state index >= 15 is 0 Å². The number of fused-ring (bicyclic) bond motifs is 1. The average molecular weight is 545 g/mol. The molecule has 6 rings (SSSR count). The van der Waals surface area contributed by atoms with Gasteiger partial charge in [0.2, 0.25) is 0 Å². The normalized spacial score (nSPS) is 12.3. The van der Waals surface area contributed by atoms with Crippen molar-refractivity contribution in [1.82, 2.24) is 9.97 Å². The van der Waals surface area contributed by atoms with Crippen LogP contribution >= 0.6 is 22.7 Å². The van der Waals surface area contributed by atoms with Crippen LogP contribution in [0.2, 0.25) is 0 Å². The van der Waals surface area contributed by atoms with Crippen LogP contribution in [0.4, 0.5) is 0 Å². The highest BCUT2D eigenvalue weighted by Crippen LogP contribution is 2.43. The summed E-state index contributed by atoms with van der Waals surface area (Å²) < 4.78 is 0. The predicted molar refractivity (Wildman–Crippen MR) is 170 cm³/mol. The van der Waals surface area contributed by atoms with Crippen LogP contribution in [0.1, 0.15) is 55.7 Å². The lowest BCUT2D eigenvalue weighted by Crippen LogP contribution is -1.98. The van der Waals surface area contributed by atoms with Gasteiger partial charge in [-0.3, -0.25) is 0 Å². The Balaban J connectivity index is 1.66. The third-order valence-electron chi connectivity index (χ3n) is 7.37. The van der Waals surface area contributed by atoms with Crippen molar-refractivity contribution in [2.75, 3.05) is 0 Å². The van der Waals surface area contributed by atoms with E-state index in [1.165, 1.54) is 19.5 Å². The molecule has 3 aromatic carbocycles. The van der Waals surface area contributed by atoms with E-state index in [0.29, 0.717) is 11.8 Å². The lowest BCUT2D eigenvalue weighted by Gasteiger charge is -2.15. The topological polar surface area (TPSA) is 25.8 Å². The number of rotatable bonds is 7. The minimum absolute atomic E-state index is 0.495. The van der Waals surface area contributed by atoms with Gasteiger partial charge in [0.05, 0.1) is 22.4 Å². The van der Waals surface area contributed by atoms with Gasteiger partial charge in [-0.2, -0.15) is 0 Å². The molecule has 194 valence electrons. The van der Waals surface area contributed by atoms with Crippen LogP contribution in [0.5, 0.6) is 0 Å². The molecule has 2 nitrogen and oxygen atoms in total. The van der Waals surface area contributed by atoms with Crippen LogP contribution in [-0.4, -0.2) is 9.97 Å². The first-order chi connectivity index (χ1) is 19.0. The molecule has 0 aliphatic rings. The molecule has 39 heavy (non-hydrogen) atoms. The number of hydrogen-bond donors (Lipinski definition) is 0. The van der Waals surface area contributed by atoms with Crippen molar-refractivity contribution >= 4 is 33.7 Å². The van der Waals surface area contributed by atoms with Crippen molar-refractivity contribution in [3.63, 3.8) is 0 Å². The highest BCUT2D eigenvalue weighted by molar-refractivity contribution is 7.16. The van der Waals surface area contributed by atoms with Gasteiger partial charge < -0.3 is 0 Å². The maximum Gasteiger partial charge on any atom is 0.0988 e. The predicted octanol–water partition coefficient (Wildman–Crippen LogP) is 11.1. The second-order valence-electron chi connectivity index (χ2n) is 10.4. The van der Waals surface area contributed by atoms with Gasteiger partial charge in [0, 0.05) is 41.8 Å². The highest BCUT2D eigenvalue weighted by atomic mass is 32.1. The molecule has 1 unspecified atom stereocenters. The Morgan fingerprint density at radius 2 is 1.03 bits per heavy atom. The van der Waals surface area contributed by atoms with Crippen molar-refractivity contribution < 1.29 is 0 Å². The van der Waals surface area contributed by atoms with E-state index in [1.54, 1.807) is 0 Å². The van der Waals surface area contributed by atoms with Crippen LogP contribution in [0, 0.1) is 0 Å². The Morgan fingerprint density at radius 3 is 1.46 bits per heavy atom. The molecule has 4 heteroatoms. The van der Waals surface area contributed by atoms with E-state index in [4.69, 9.17) is 9.97 Å². The first-order valence-electron chi connectivity index (χ1n) is 13.7. The van der Waals surface area contributed by atoms with Gasteiger partial charge in [0.15, 0.2) is 0 Å². The molecular weight excluding hydrogens is 513 g/mol.